The standard InChI is InChI=1S/C9H22N2O2/c1-7(10)4-11(5-8(2)12)6-9(3)13/h7-9,12-13H,4-6,10H2,1-3H3/t7?,8-,9-/m0/s1. The van der Waals surface area contributed by atoms with E-state index in [1.807, 2.05) is 11.8 Å². The van der Waals surface area contributed by atoms with Gasteiger partial charge < -0.3 is 15.9 Å². The Bertz CT molecular complexity index is 103. The molecule has 0 aromatic rings. The summed E-state index contributed by atoms with van der Waals surface area (Å²) in [6, 6.07) is 0.0671. The molecule has 0 radical (unpaired) electrons. The third kappa shape index (κ3) is 8.18. The molecule has 4 heteroatoms. The molecular weight excluding hydrogens is 168 g/mol. The fourth-order valence-corrected chi connectivity index (χ4v) is 1.38. The molecule has 0 aromatic carbocycles. The fraction of sp³-hybridized carbons (Fsp3) is 1.00. The van der Waals surface area contributed by atoms with Gasteiger partial charge in [0.2, 0.25) is 0 Å². The third-order valence-electron chi connectivity index (χ3n) is 1.59. The maximum Gasteiger partial charge on any atom is 0.0639 e. The van der Waals surface area contributed by atoms with E-state index in [0.29, 0.717) is 19.6 Å². The van der Waals surface area contributed by atoms with E-state index in [4.69, 9.17) is 5.73 Å². The zero-order chi connectivity index (χ0) is 10.4. The second-order valence-electron chi connectivity index (χ2n) is 3.89. The Kier molecular flexibility index (Phi) is 6.24. The summed E-state index contributed by atoms with van der Waals surface area (Å²) in [5.41, 5.74) is 5.64. The second-order valence-corrected chi connectivity index (χ2v) is 3.89. The molecule has 0 rings (SSSR count). The maximum absolute atomic E-state index is 9.18. The van der Waals surface area contributed by atoms with Crippen LogP contribution in [0, 0.1) is 0 Å². The van der Waals surface area contributed by atoms with Gasteiger partial charge in [-0.25, -0.2) is 0 Å². The Morgan fingerprint density at radius 1 is 1.00 bits per heavy atom. The number of rotatable bonds is 6. The first-order valence-corrected chi connectivity index (χ1v) is 4.76. The van der Waals surface area contributed by atoms with Crippen molar-refractivity contribution in [1.29, 1.82) is 0 Å². The van der Waals surface area contributed by atoms with Crippen LogP contribution in [0.1, 0.15) is 20.8 Å². The minimum atomic E-state index is -0.377. The van der Waals surface area contributed by atoms with Gasteiger partial charge in [-0.15, -0.1) is 0 Å². The van der Waals surface area contributed by atoms with Gasteiger partial charge in [-0.1, -0.05) is 0 Å². The van der Waals surface area contributed by atoms with Crippen molar-refractivity contribution in [2.24, 2.45) is 5.73 Å². The number of aliphatic hydroxyl groups excluding tert-OH is 2. The molecule has 0 aliphatic rings. The van der Waals surface area contributed by atoms with Crippen molar-refractivity contribution >= 4 is 0 Å². The summed E-state index contributed by atoms with van der Waals surface area (Å²) in [5, 5.41) is 18.4. The Balaban J connectivity index is 3.87. The second kappa shape index (κ2) is 6.32. The van der Waals surface area contributed by atoms with Crippen molar-refractivity contribution in [1.82, 2.24) is 4.90 Å². The van der Waals surface area contributed by atoms with Crippen LogP contribution in [-0.2, 0) is 0 Å². The highest BCUT2D eigenvalue weighted by Gasteiger charge is 2.12. The van der Waals surface area contributed by atoms with Crippen molar-refractivity contribution < 1.29 is 10.2 Å². The molecule has 4 nitrogen and oxygen atoms in total. The number of nitrogens with zero attached hydrogens (tertiary/aromatic N) is 1. The molecule has 0 saturated carbocycles. The van der Waals surface area contributed by atoms with Gasteiger partial charge in [0.05, 0.1) is 12.2 Å². The fourth-order valence-electron chi connectivity index (χ4n) is 1.38. The van der Waals surface area contributed by atoms with E-state index in [9.17, 15) is 10.2 Å². The molecule has 0 bridgehead atoms. The van der Waals surface area contributed by atoms with Gasteiger partial charge in [-0.2, -0.15) is 0 Å². The average Bonchev–Trinajstić information content (AvgIpc) is 1.80. The van der Waals surface area contributed by atoms with Gasteiger partial charge in [0.25, 0.3) is 0 Å². The molecule has 4 N–H and O–H groups in total. The lowest BCUT2D eigenvalue weighted by molar-refractivity contribution is 0.0811. The number of hydrogen-bond acceptors (Lipinski definition) is 4. The van der Waals surface area contributed by atoms with Crippen LogP contribution in [0.15, 0.2) is 0 Å². The molecule has 0 fully saturated rings. The van der Waals surface area contributed by atoms with Crippen molar-refractivity contribution in [3.05, 3.63) is 0 Å². The van der Waals surface area contributed by atoms with Crippen LogP contribution in [0.5, 0.6) is 0 Å². The summed E-state index contributed by atoms with van der Waals surface area (Å²) in [4.78, 5) is 1.97. The predicted molar refractivity (Wildman–Crippen MR) is 53.5 cm³/mol. The van der Waals surface area contributed by atoms with Gasteiger partial charge in [-0.05, 0) is 20.8 Å². The maximum atomic E-state index is 9.18. The van der Waals surface area contributed by atoms with Crippen LogP contribution >= 0.6 is 0 Å². The summed E-state index contributed by atoms with van der Waals surface area (Å²) in [6.45, 7) is 7.21. The lowest BCUT2D eigenvalue weighted by atomic mass is 10.2. The van der Waals surface area contributed by atoms with Crippen LogP contribution in [0.4, 0.5) is 0 Å². The van der Waals surface area contributed by atoms with Crippen molar-refractivity contribution in [3.63, 3.8) is 0 Å². The quantitative estimate of drug-likeness (QED) is 0.523. The van der Waals surface area contributed by atoms with E-state index in [1.54, 1.807) is 13.8 Å². The lowest BCUT2D eigenvalue weighted by Gasteiger charge is -2.26. The van der Waals surface area contributed by atoms with Gasteiger partial charge in [-0.3, -0.25) is 4.90 Å². The van der Waals surface area contributed by atoms with Crippen LogP contribution in [-0.4, -0.2) is 53.0 Å². The first-order chi connectivity index (χ1) is 5.91. The summed E-state index contributed by atoms with van der Waals surface area (Å²) >= 11 is 0. The molecule has 80 valence electrons. The van der Waals surface area contributed by atoms with Gasteiger partial charge in [0, 0.05) is 25.7 Å². The van der Waals surface area contributed by atoms with Crippen molar-refractivity contribution in [2.75, 3.05) is 19.6 Å². The van der Waals surface area contributed by atoms with Crippen LogP contribution in [0.2, 0.25) is 0 Å². The first kappa shape index (κ1) is 12.8. The van der Waals surface area contributed by atoms with E-state index in [1.165, 1.54) is 0 Å². The van der Waals surface area contributed by atoms with Crippen molar-refractivity contribution in [2.45, 2.75) is 39.0 Å². The number of nitrogens with two attached hydrogens (primary N) is 1. The number of aliphatic hydroxyl groups is 2. The molecule has 0 spiro atoms. The Labute approximate surface area is 80.3 Å². The summed E-state index contributed by atoms with van der Waals surface area (Å²) in [7, 11) is 0. The highest BCUT2D eigenvalue weighted by Crippen LogP contribution is 1.96. The molecule has 0 amide bonds. The smallest absolute Gasteiger partial charge is 0.0639 e. The lowest BCUT2D eigenvalue weighted by Crippen LogP contribution is -2.42. The summed E-state index contributed by atoms with van der Waals surface area (Å²) in [5.74, 6) is 0. The van der Waals surface area contributed by atoms with Gasteiger partial charge in [0.15, 0.2) is 0 Å². The van der Waals surface area contributed by atoms with E-state index in [2.05, 4.69) is 0 Å². The zero-order valence-corrected chi connectivity index (χ0v) is 8.77. The van der Waals surface area contributed by atoms with Crippen molar-refractivity contribution in [3.8, 4) is 0 Å². The summed E-state index contributed by atoms with van der Waals surface area (Å²) < 4.78 is 0. The number of hydrogen-bond donors (Lipinski definition) is 3. The van der Waals surface area contributed by atoms with Crippen LogP contribution in [0.25, 0.3) is 0 Å². The summed E-state index contributed by atoms with van der Waals surface area (Å²) in [6.07, 6.45) is -0.755. The van der Waals surface area contributed by atoms with E-state index in [0.717, 1.165) is 0 Å². The highest BCUT2D eigenvalue weighted by molar-refractivity contribution is 4.68. The van der Waals surface area contributed by atoms with Crippen LogP contribution < -0.4 is 5.73 Å². The Morgan fingerprint density at radius 3 is 1.62 bits per heavy atom. The van der Waals surface area contributed by atoms with Crippen LogP contribution in [0.3, 0.4) is 0 Å². The Morgan fingerprint density at radius 2 is 1.38 bits per heavy atom. The molecule has 0 saturated heterocycles. The third-order valence-corrected chi connectivity index (χ3v) is 1.59. The SMILES string of the molecule is CC(N)CN(C[C@H](C)O)C[C@H](C)O. The average molecular weight is 190 g/mol. The monoisotopic (exact) mass is 190 g/mol. The minimum Gasteiger partial charge on any atom is -0.392 e. The Hall–Kier alpha value is -0.160. The molecule has 0 aliphatic heterocycles. The minimum absolute atomic E-state index is 0.0671. The molecule has 13 heavy (non-hydrogen) atoms. The van der Waals surface area contributed by atoms with E-state index < -0.39 is 0 Å². The zero-order valence-electron chi connectivity index (χ0n) is 8.77. The normalized spacial score (nSPS) is 18.7. The molecule has 3 atom stereocenters. The largest absolute Gasteiger partial charge is 0.392 e. The molecule has 0 aliphatic carbocycles. The molecule has 0 heterocycles. The predicted octanol–water partition coefficient (Wildman–Crippen LogP) is -0.603. The molecule has 0 aromatic heterocycles. The van der Waals surface area contributed by atoms with Gasteiger partial charge in [0.1, 0.15) is 0 Å². The van der Waals surface area contributed by atoms with E-state index >= 15 is 0 Å². The first-order valence-electron chi connectivity index (χ1n) is 4.76. The molecular formula is C9H22N2O2. The van der Waals surface area contributed by atoms with E-state index in [-0.39, 0.29) is 18.2 Å². The molecule has 1 unspecified atom stereocenters. The van der Waals surface area contributed by atoms with Gasteiger partial charge >= 0.3 is 0 Å². The highest BCUT2D eigenvalue weighted by atomic mass is 16.3. The topological polar surface area (TPSA) is 69.7 Å².